The van der Waals surface area contributed by atoms with Gasteiger partial charge < -0.3 is 19.8 Å². The zero-order valence-corrected chi connectivity index (χ0v) is 14.6. The lowest BCUT2D eigenvalue weighted by atomic mass is 10.1. The average Bonchev–Trinajstić information content (AvgIpc) is 2.37. The molecular weight excluding hydrogens is 334 g/mol. The van der Waals surface area contributed by atoms with Crippen molar-refractivity contribution in [1.82, 2.24) is 0 Å². The van der Waals surface area contributed by atoms with Crippen LogP contribution in [0.3, 0.4) is 0 Å². The number of phosphoric ester groups is 1. The fourth-order valence-electron chi connectivity index (χ4n) is 1.97. The van der Waals surface area contributed by atoms with Crippen molar-refractivity contribution in [2.45, 2.75) is 64.2 Å². The van der Waals surface area contributed by atoms with Crippen LogP contribution in [0.2, 0.25) is 0 Å². The third-order valence-electron chi connectivity index (χ3n) is 3.02. The molecule has 0 fully saturated rings. The molecule has 134 valence electrons. The van der Waals surface area contributed by atoms with Crippen LogP contribution < -0.4 is 0 Å². The van der Waals surface area contributed by atoms with Gasteiger partial charge in [-0.1, -0.05) is 51.4 Å². The number of phosphoric acid groups is 2. The van der Waals surface area contributed by atoms with Gasteiger partial charge in [0.2, 0.25) is 0 Å². The largest absolute Gasteiger partial charge is 0.481 e. The van der Waals surface area contributed by atoms with E-state index in [9.17, 15) is 9.13 Å². The van der Waals surface area contributed by atoms with Gasteiger partial charge in [0.25, 0.3) is 0 Å². The van der Waals surface area contributed by atoms with Crippen LogP contribution in [-0.4, -0.2) is 33.0 Å². The summed E-state index contributed by atoms with van der Waals surface area (Å²) in [5.41, 5.74) is 0. The monoisotopic (exact) mass is 362 g/mol. The SMILES string of the molecule is O=P(O)(O)OP(=O)(O)OCCCCCCCCCCCCO. The third kappa shape index (κ3) is 16.6. The predicted molar refractivity (Wildman–Crippen MR) is 82.2 cm³/mol. The molecule has 1 atom stereocenters. The van der Waals surface area contributed by atoms with Gasteiger partial charge in [-0.15, -0.1) is 0 Å². The molecule has 0 aromatic rings. The van der Waals surface area contributed by atoms with E-state index in [0.717, 1.165) is 44.9 Å². The highest BCUT2D eigenvalue weighted by Crippen LogP contribution is 2.57. The van der Waals surface area contributed by atoms with E-state index in [1.807, 2.05) is 0 Å². The molecular formula is C12H28O8P2. The summed E-state index contributed by atoms with van der Waals surface area (Å²) in [6.45, 7) is 0.191. The molecule has 0 aromatic carbocycles. The first-order valence-electron chi connectivity index (χ1n) is 7.62. The fraction of sp³-hybridized carbons (Fsp3) is 1.00. The maximum Gasteiger partial charge on any atom is 0.481 e. The smallest absolute Gasteiger partial charge is 0.396 e. The molecule has 0 saturated carbocycles. The Bertz CT molecular complexity index is 357. The van der Waals surface area contributed by atoms with Gasteiger partial charge in [-0.2, -0.15) is 4.31 Å². The summed E-state index contributed by atoms with van der Waals surface area (Å²) < 4.78 is 29.7. The van der Waals surface area contributed by atoms with Crippen molar-refractivity contribution in [3.8, 4) is 0 Å². The van der Waals surface area contributed by atoms with Crippen LogP contribution in [0.25, 0.3) is 0 Å². The maximum absolute atomic E-state index is 11.1. The predicted octanol–water partition coefficient (Wildman–Crippen LogP) is 3.11. The van der Waals surface area contributed by atoms with E-state index in [2.05, 4.69) is 8.83 Å². The molecule has 22 heavy (non-hydrogen) atoms. The highest BCUT2D eigenvalue weighted by molar-refractivity contribution is 7.60. The van der Waals surface area contributed by atoms with Crippen molar-refractivity contribution in [2.24, 2.45) is 0 Å². The van der Waals surface area contributed by atoms with Crippen LogP contribution in [0.5, 0.6) is 0 Å². The molecule has 0 amide bonds. The van der Waals surface area contributed by atoms with Gasteiger partial charge in [0.05, 0.1) is 6.61 Å². The molecule has 0 aromatic heterocycles. The first kappa shape index (κ1) is 22.2. The molecule has 1 unspecified atom stereocenters. The van der Waals surface area contributed by atoms with E-state index in [-0.39, 0.29) is 13.2 Å². The van der Waals surface area contributed by atoms with E-state index in [1.165, 1.54) is 12.8 Å². The Kier molecular flexibility index (Phi) is 12.7. The van der Waals surface area contributed by atoms with E-state index in [0.29, 0.717) is 6.42 Å². The summed E-state index contributed by atoms with van der Waals surface area (Å²) in [5.74, 6) is 0. The van der Waals surface area contributed by atoms with Gasteiger partial charge in [0.1, 0.15) is 0 Å². The molecule has 4 N–H and O–H groups in total. The second-order valence-corrected chi connectivity index (χ2v) is 7.96. The number of aliphatic hydroxyl groups excluding tert-OH is 1. The van der Waals surface area contributed by atoms with E-state index in [1.54, 1.807) is 0 Å². The van der Waals surface area contributed by atoms with Crippen LogP contribution in [0.4, 0.5) is 0 Å². The topological polar surface area (TPSA) is 134 Å². The summed E-state index contributed by atoms with van der Waals surface area (Å²) in [4.78, 5) is 25.8. The van der Waals surface area contributed by atoms with Gasteiger partial charge in [0.15, 0.2) is 0 Å². The van der Waals surface area contributed by atoms with Crippen LogP contribution in [0.1, 0.15) is 64.2 Å². The Morgan fingerprint density at radius 1 is 0.682 bits per heavy atom. The number of hydrogen-bond acceptors (Lipinski definition) is 5. The molecule has 0 aliphatic carbocycles. The first-order valence-corrected chi connectivity index (χ1v) is 10.6. The summed E-state index contributed by atoms with van der Waals surface area (Å²) in [7, 11) is -9.70. The lowest BCUT2D eigenvalue weighted by Crippen LogP contribution is -1.96. The summed E-state index contributed by atoms with van der Waals surface area (Å²) in [5, 5.41) is 8.63. The quantitative estimate of drug-likeness (QED) is 0.258. The van der Waals surface area contributed by atoms with Gasteiger partial charge in [0, 0.05) is 6.61 Å². The zero-order chi connectivity index (χ0) is 16.9. The molecule has 0 spiro atoms. The van der Waals surface area contributed by atoms with Crippen molar-refractivity contribution < 1.29 is 37.8 Å². The number of rotatable bonds is 15. The highest BCUT2D eigenvalue weighted by Gasteiger charge is 2.31. The second kappa shape index (κ2) is 12.6. The van der Waals surface area contributed by atoms with Crippen LogP contribution >= 0.6 is 15.6 Å². The van der Waals surface area contributed by atoms with Crippen LogP contribution in [-0.2, 0) is 18.0 Å². The van der Waals surface area contributed by atoms with Crippen molar-refractivity contribution in [1.29, 1.82) is 0 Å². The summed E-state index contributed by atoms with van der Waals surface area (Å²) in [6, 6.07) is 0. The fourth-order valence-corrected chi connectivity index (χ4v) is 3.59. The lowest BCUT2D eigenvalue weighted by molar-refractivity contribution is 0.175. The molecule has 0 heterocycles. The highest BCUT2D eigenvalue weighted by atomic mass is 31.3. The Labute approximate surface area is 131 Å². The Morgan fingerprint density at radius 3 is 1.50 bits per heavy atom. The van der Waals surface area contributed by atoms with E-state index < -0.39 is 15.6 Å². The molecule has 10 heteroatoms. The summed E-state index contributed by atoms with van der Waals surface area (Å²) in [6.07, 6.45) is 10.0. The Morgan fingerprint density at radius 2 is 1.09 bits per heavy atom. The van der Waals surface area contributed by atoms with Gasteiger partial charge in [-0.25, -0.2) is 9.13 Å². The molecule has 0 aliphatic heterocycles. The van der Waals surface area contributed by atoms with E-state index in [4.69, 9.17) is 19.8 Å². The molecule has 0 radical (unpaired) electrons. The summed E-state index contributed by atoms with van der Waals surface area (Å²) >= 11 is 0. The van der Waals surface area contributed by atoms with Crippen molar-refractivity contribution >= 4 is 15.6 Å². The molecule has 0 aliphatic rings. The molecule has 0 bridgehead atoms. The van der Waals surface area contributed by atoms with Crippen molar-refractivity contribution in [2.75, 3.05) is 13.2 Å². The average molecular weight is 362 g/mol. The number of unbranched alkanes of at least 4 members (excludes halogenated alkanes) is 9. The van der Waals surface area contributed by atoms with Gasteiger partial charge >= 0.3 is 15.6 Å². The van der Waals surface area contributed by atoms with E-state index >= 15 is 0 Å². The molecule has 8 nitrogen and oxygen atoms in total. The van der Waals surface area contributed by atoms with Crippen molar-refractivity contribution in [3.63, 3.8) is 0 Å². The standard InChI is InChI=1S/C12H28O8P2/c13-11-9-7-5-3-1-2-4-6-8-10-12-19-22(17,18)20-21(14,15)16/h13H,1-12H2,(H,17,18)(H2,14,15,16). The lowest BCUT2D eigenvalue weighted by Gasteiger charge is -2.12. The number of aliphatic hydroxyl groups is 1. The van der Waals surface area contributed by atoms with Gasteiger partial charge in [-0.05, 0) is 12.8 Å². The Balaban J connectivity index is 3.37. The van der Waals surface area contributed by atoms with Gasteiger partial charge in [-0.3, -0.25) is 4.52 Å². The minimum absolute atomic E-state index is 0.0745. The normalized spacial score (nSPS) is 14.9. The maximum atomic E-state index is 11.1. The molecule has 0 saturated heterocycles. The zero-order valence-electron chi connectivity index (χ0n) is 12.8. The Hall–Kier alpha value is 0.220. The van der Waals surface area contributed by atoms with Crippen molar-refractivity contribution in [3.05, 3.63) is 0 Å². The van der Waals surface area contributed by atoms with Crippen LogP contribution in [0.15, 0.2) is 0 Å². The number of hydrogen-bond donors (Lipinski definition) is 4. The third-order valence-corrected chi connectivity index (χ3v) is 5.20. The first-order chi connectivity index (χ1) is 10.3. The van der Waals surface area contributed by atoms with Crippen LogP contribution in [0, 0.1) is 0 Å². The minimum Gasteiger partial charge on any atom is -0.396 e. The second-order valence-electron chi connectivity index (χ2n) is 5.13. The minimum atomic E-state index is -5.02. The molecule has 0 rings (SSSR count).